The van der Waals surface area contributed by atoms with Crippen molar-refractivity contribution in [2.75, 3.05) is 13.2 Å². The summed E-state index contributed by atoms with van der Waals surface area (Å²) in [5.41, 5.74) is 0. The van der Waals surface area contributed by atoms with Gasteiger partial charge in [0, 0.05) is 13.3 Å². The van der Waals surface area contributed by atoms with Crippen molar-refractivity contribution in [1.82, 2.24) is 0 Å². The molecule has 0 aliphatic rings. The summed E-state index contributed by atoms with van der Waals surface area (Å²) in [4.78, 5) is 40.3. The summed E-state index contributed by atoms with van der Waals surface area (Å²) in [6.07, 6.45) is 22.7. The minimum atomic E-state index is -4.72. The van der Waals surface area contributed by atoms with Crippen molar-refractivity contribution in [1.29, 1.82) is 0 Å². The minimum Gasteiger partial charge on any atom is -0.462 e. The highest BCUT2D eigenvalue weighted by Crippen LogP contribution is 2.35. The molecule has 0 saturated carbocycles. The fraction of sp³-hybridized carbons (Fsp3) is 0.520. The summed E-state index contributed by atoms with van der Waals surface area (Å²) >= 11 is 0. The van der Waals surface area contributed by atoms with E-state index in [2.05, 4.69) is 10.6 Å². The van der Waals surface area contributed by atoms with Gasteiger partial charge < -0.3 is 24.4 Å². The summed E-state index contributed by atoms with van der Waals surface area (Å²) in [5, 5.41) is 9.65. The molecule has 0 aliphatic carbocycles. The van der Waals surface area contributed by atoms with Crippen LogP contribution in [0.5, 0.6) is 0 Å². The number of phosphoric acid groups is 1. The molecule has 0 fully saturated rings. The van der Waals surface area contributed by atoms with E-state index >= 15 is 0 Å². The number of hydrogen-bond acceptors (Lipinski definition) is 7. The first-order valence-corrected chi connectivity index (χ1v) is 13.2. The van der Waals surface area contributed by atoms with Crippen LogP contribution in [0.15, 0.2) is 60.8 Å². The predicted octanol–water partition coefficient (Wildman–Crippen LogP) is 4.46. The molecule has 0 amide bonds. The Hall–Kier alpha value is -2.29. The van der Waals surface area contributed by atoms with E-state index in [0.29, 0.717) is 19.3 Å². The number of carbonyl (C=O) groups excluding carboxylic acids is 2. The molecule has 0 aromatic heterocycles. The van der Waals surface area contributed by atoms with E-state index in [1.54, 1.807) is 6.08 Å². The Labute approximate surface area is 208 Å². The van der Waals surface area contributed by atoms with E-state index in [0.717, 1.165) is 26.2 Å². The Bertz CT molecular complexity index is 778. The number of phosphoric ester groups is 1. The lowest BCUT2D eigenvalue weighted by atomic mass is 10.2. The van der Waals surface area contributed by atoms with Gasteiger partial charge >= 0.3 is 19.8 Å². The summed E-state index contributed by atoms with van der Waals surface area (Å²) < 4.78 is 24.9. The van der Waals surface area contributed by atoms with Gasteiger partial charge in [-0.3, -0.25) is 14.1 Å². The van der Waals surface area contributed by atoms with Gasteiger partial charge in [0.15, 0.2) is 6.10 Å². The molecule has 2 atom stereocenters. The molecule has 0 aliphatic heterocycles. The molecule has 9 nitrogen and oxygen atoms in total. The number of rotatable bonds is 19. The van der Waals surface area contributed by atoms with Gasteiger partial charge in [-0.15, -0.1) is 0 Å². The maximum atomic E-state index is 11.8. The zero-order valence-electron chi connectivity index (χ0n) is 20.5. The number of allylic oxidation sites excluding steroid dienone is 8. The molecule has 0 rings (SSSR count). The standard InChI is InChI=1S/C25H39O9P/c1-3-4-17-23(27)18-15-13-11-9-7-5-6-8-10-12-14-16-19-25(28)32-20-24(34-22(2)26)21-33-35(29,30)31/h4-6,9-13,15,17,23-24,27H,3,7-8,14,16,18-21H2,1-2H3,(H2,29,30,31)/b6-5-,11-9-,12-10-,15-13+,17-4-/t23?,24-/m1/s1. The van der Waals surface area contributed by atoms with Crippen molar-refractivity contribution in [2.24, 2.45) is 0 Å². The van der Waals surface area contributed by atoms with Gasteiger partial charge in [-0.05, 0) is 38.5 Å². The summed E-state index contributed by atoms with van der Waals surface area (Å²) in [7, 11) is -4.72. The topological polar surface area (TPSA) is 140 Å². The molecule has 0 aromatic rings. The van der Waals surface area contributed by atoms with Crippen LogP contribution in [0.4, 0.5) is 0 Å². The molecule has 0 aromatic carbocycles. The maximum absolute atomic E-state index is 11.8. The third-order valence-electron chi connectivity index (χ3n) is 4.18. The Morgan fingerprint density at radius 1 is 0.943 bits per heavy atom. The molecular weight excluding hydrogens is 475 g/mol. The van der Waals surface area contributed by atoms with Crippen molar-refractivity contribution in [3.8, 4) is 0 Å². The smallest absolute Gasteiger partial charge is 0.462 e. The van der Waals surface area contributed by atoms with Gasteiger partial charge in [-0.2, -0.15) is 0 Å². The molecule has 0 saturated heterocycles. The fourth-order valence-electron chi connectivity index (χ4n) is 2.54. The number of esters is 2. The summed E-state index contributed by atoms with van der Waals surface area (Å²) in [6, 6.07) is 0. The second kappa shape index (κ2) is 21.0. The van der Waals surface area contributed by atoms with Gasteiger partial charge in [-0.1, -0.05) is 67.7 Å². The van der Waals surface area contributed by atoms with Crippen LogP contribution in [0.25, 0.3) is 0 Å². The second-order valence-electron chi connectivity index (χ2n) is 7.50. The molecule has 0 radical (unpaired) electrons. The average molecular weight is 515 g/mol. The van der Waals surface area contributed by atoms with Crippen molar-refractivity contribution < 1.29 is 43.0 Å². The molecule has 0 bridgehead atoms. The highest BCUT2D eigenvalue weighted by molar-refractivity contribution is 7.46. The molecule has 35 heavy (non-hydrogen) atoms. The number of unbranched alkanes of at least 4 members (excludes halogenated alkanes) is 1. The van der Waals surface area contributed by atoms with Gasteiger partial charge in [0.2, 0.25) is 0 Å². The lowest BCUT2D eigenvalue weighted by molar-refractivity contribution is -0.159. The van der Waals surface area contributed by atoms with Crippen LogP contribution < -0.4 is 0 Å². The Balaban J connectivity index is 3.93. The third kappa shape index (κ3) is 24.6. The van der Waals surface area contributed by atoms with E-state index in [1.807, 2.05) is 55.5 Å². The van der Waals surface area contributed by atoms with Crippen molar-refractivity contribution in [2.45, 2.75) is 71.0 Å². The molecule has 0 heterocycles. The quantitative estimate of drug-likeness (QED) is 0.0749. The van der Waals surface area contributed by atoms with Gasteiger partial charge in [0.1, 0.15) is 6.61 Å². The van der Waals surface area contributed by atoms with E-state index in [1.165, 1.54) is 0 Å². The molecular formula is C25H39O9P. The molecule has 10 heteroatoms. The third-order valence-corrected chi connectivity index (χ3v) is 4.66. The lowest BCUT2D eigenvalue weighted by Gasteiger charge is -2.17. The first-order valence-electron chi connectivity index (χ1n) is 11.6. The van der Waals surface area contributed by atoms with Gasteiger partial charge in [0.25, 0.3) is 0 Å². The Morgan fingerprint density at radius 3 is 2.26 bits per heavy atom. The first-order chi connectivity index (χ1) is 16.6. The normalized spacial score (nSPS) is 14.5. The highest BCUT2D eigenvalue weighted by atomic mass is 31.2. The van der Waals surface area contributed by atoms with Gasteiger partial charge in [-0.25, -0.2) is 4.57 Å². The number of carbonyl (C=O) groups is 2. The SMILES string of the molecule is CC/C=C\C(O)C/C=C/C=C\C/C=C\C/C=C\CCCC(=O)OC[C@H](COP(=O)(O)O)OC(C)=O. The Morgan fingerprint density at radius 2 is 1.60 bits per heavy atom. The number of hydrogen-bond donors (Lipinski definition) is 3. The monoisotopic (exact) mass is 514 g/mol. The predicted molar refractivity (Wildman–Crippen MR) is 134 cm³/mol. The van der Waals surface area contributed by atoms with Crippen molar-refractivity contribution in [3.63, 3.8) is 0 Å². The molecule has 1 unspecified atom stereocenters. The molecule has 3 N–H and O–H groups in total. The molecule has 198 valence electrons. The van der Waals surface area contributed by atoms with Crippen LogP contribution in [0, 0.1) is 0 Å². The zero-order chi connectivity index (χ0) is 26.4. The maximum Gasteiger partial charge on any atom is 0.469 e. The summed E-state index contributed by atoms with van der Waals surface area (Å²) in [5.74, 6) is -1.18. The van der Waals surface area contributed by atoms with Crippen LogP contribution in [-0.2, 0) is 28.2 Å². The lowest BCUT2D eigenvalue weighted by Crippen LogP contribution is -2.28. The van der Waals surface area contributed by atoms with Crippen LogP contribution in [0.3, 0.4) is 0 Å². The first kappa shape index (κ1) is 32.7. The summed E-state index contributed by atoms with van der Waals surface area (Å²) in [6.45, 7) is 2.23. The second-order valence-corrected chi connectivity index (χ2v) is 8.74. The number of ether oxygens (including phenoxy) is 2. The zero-order valence-corrected chi connectivity index (χ0v) is 21.4. The van der Waals surface area contributed by atoms with E-state index in [4.69, 9.17) is 19.3 Å². The van der Waals surface area contributed by atoms with E-state index in [-0.39, 0.29) is 13.0 Å². The van der Waals surface area contributed by atoms with Crippen LogP contribution in [0.1, 0.15) is 58.8 Å². The number of aliphatic hydroxyl groups is 1. The minimum absolute atomic E-state index is 0.163. The van der Waals surface area contributed by atoms with E-state index < -0.39 is 38.6 Å². The van der Waals surface area contributed by atoms with Crippen LogP contribution in [-0.4, -0.2) is 52.3 Å². The van der Waals surface area contributed by atoms with Crippen LogP contribution >= 0.6 is 7.82 Å². The number of aliphatic hydroxyl groups excluding tert-OH is 1. The molecule has 0 spiro atoms. The largest absolute Gasteiger partial charge is 0.469 e. The van der Waals surface area contributed by atoms with Crippen molar-refractivity contribution in [3.05, 3.63) is 60.8 Å². The van der Waals surface area contributed by atoms with Crippen molar-refractivity contribution >= 4 is 19.8 Å². The van der Waals surface area contributed by atoms with Crippen LogP contribution in [0.2, 0.25) is 0 Å². The Kier molecular flexibility index (Phi) is 19.7. The van der Waals surface area contributed by atoms with Gasteiger partial charge in [0.05, 0.1) is 12.7 Å². The highest BCUT2D eigenvalue weighted by Gasteiger charge is 2.21. The van der Waals surface area contributed by atoms with E-state index in [9.17, 15) is 19.3 Å². The fourth-order valence-corrected chi connectivity index (χ4v) is 2.90. The average Bonchev–Trinajstić information content (AvgIpc) is 2.78.